The average Bonchev–Trinajstić information content (AvgIpc) is 2.38. The monoisotopic (exact) mass is 238 g/mol. The molecule has 1 N–H and O–H groups in total. The molecule has 0 aliphatic heterocycles. The van der Waals surface area contributed by atoms with Gasteiger partial charge in [-0.05, 0) is 24.1 Å². The van der Waals surface area contributed by atoms with Gasteiger partial charge in [0.05, 0.1) is 20.3 Å². The van der Waals surface area contributed by atoms with Crippen LogP contribution in [0.4, 0.5) is 0 Å². The van der Waals surface area contributed by atoms with Crippen LogP contribution in [0.2, 0.25) is 0 Å². The van der Waals surface area contributed by atoms with E-state index >= 15 is 0 Å². The molecule has 0 radical (unpaired) electrons. The van der Waals surface area contributed by atoms with Crippen molar-refractivity contribution in [2.45, 2.75) is 39.4 Å². The molecule has 0 atom stereocenters. The third-order valence-electron chi connectivity index (χ3n) is 2.68. The minimum absolute atomic E-state index is 0.0484. The molecule has 0 spiro atoms. The van der Waals surface area contributed by atoms with Gasteiger partial charge in [-0.15, -0.1) is 0 Å². The standard InChI is InChI=1S/C14H22O3/c1-3-4-5-8-17-11-13-9-12(10-15)6-7-14(13)16-2/h6-7,9,15H,3-5,8,10-11H2,1-2H3. The maximum Gasteiger partial charge on any atom is 0.124 e. The van der Waals surface area contributed by atoms with Crippen molar-refractivity contribution in [2.75, 3.05) is 13.7 Å². The van der Waals surface area contributed by atoms with Crippen LogP contribution in [0.1, 0.15) is 37.3 Å². The molecule has 1 aromatic rings. The van der Waals surface area contributed by atoms with E-state index in [-0.39, 0.29) is 6.61 Å². The fourth-order valence-corrected chi connectivity index (χ4v) is 1.68. The van der Waals surface area contributed by atoms with E-state index in [9.17, 15) is 0 Å². The van der Waals surface area contributed by atoms with Gasteiger partial charge in [-0.1, -0.05) is 25.8 Å². The minimum atomic E-state index is 0.0484. The van der Waals surface area contributed by atoms with E-state index in [1.54, 1.807) is 7.11 Å². The van der Waals surface area contributed by atoms with E-state index in [0.717, 1.165) is 29.9 Å². The van der Waals surface area contributed by atoms with E-state index in [2.05, 4.69) is 6.92 Å². The molecule has 3 nitrogen and oxygen atoms in total. The second-order valence-corrected chi connectivity index (χ2v) is 4.06. The Morgan fingerprint density at radius 2 is 2.06 bits per heavy atom. The molecule has 0 aliphatic rings. The quantitative estimate of drug-likeness (QED) is 0.708. The molecular weight excluding hydrogens is 216 g/mol. The first-order chi connectivity index (χ1) is 8.31. The molecule has 0 saturated heterocycles. The fraction of sp³-hybridized carbons (Fsp3) is 0.571. The van der Waals surface area contributed by atoms with Crippen LogP contribution < -0.4 is 4.74 Å². The second-order valence-electron chi connectivity index (χ2n) is 4.06. The van der Waals surface area contributed by atoms with E-state index in [4.69, 9.17) is 14.6 Å². The van der Waals surface area contributed by atoms with E-state index in [1.165, 1.54) is 12.8 Å². The Morgan fingerprint density at radius 3 is 2.71 bits per heavy atom. The topological polar surface area (TPSA) is 38.7 Å². The van der Waals surface area contributed by atoms with Crippen molar-refractivity contribution in [1.29, 1.82) is 0 Å². The number of aliphatic hydroxyl groups is 1. The Labute approximate surface area is 103 Å². The van der Waals surface area contributed by atoms with Crippen LogP contribution in [-0.4, -0.2) is 18.8 Å². The Kier molecular flexibility index (Phi) is 6.67. The summed E-state index contributed by atoms with van der Waals surface area (Å²) >= 11 is 0. The molecule has 0 fully saturated rings. The predicted octanol–water partition coefficient (Wildman–Crippen LogP) is 2.89. The Hall–Kier alpha value is -1.06. The van der Waals surface area contributed by atoms with Gasteiger partial charge in [0.1, 0.15) is 5.75 Å². The molecule has 0 heterocycles. The number of rotatable bonds is 8. The van der Waals surface area contributed by atoms with Gasteiger partial charge < -0.3 is 14.6 Å². The number of methoxy groups -OCH3 is 1. The van der Waals surface area contributed by atoms with Crippen molar-refractivity contribution >= 4 is 0 Å². The van der Waals surface area contributed by atoms with Crippen molar-refractivity contribution < 1.29 is 14.6 Å². The molecule has 0 amide bonds. The maximum atomic E-state index is 9.09. The lowest BCUT2D eigenvalue weighted by Crippen LogP contribution is -1.99. The Morgan fingerprint density at radius 1 is 1.24 bits per heavy atom. The molecule has 0 aromatic heterocycles. The van der Waals surface area contributed by atoms with Crippen LogP contribution in [0.5, 0.6) is 5.75 Å². The van der Waals surface area contributed by atoms with Crippen molar-refractivity contribution in [3.63, 3.8) is 0 Å². The number of unbranched alkanes of at least 4 members (excludes halogenated alkanes) is 2. The van der Waals surface area contributed by atoms with Crippen LogP contribution in [-0.2, 0) is 18.0 Å². The van der Waals surface area contributed by atoms with Crippen LogP contribution in [0.25, 0.3) is 0 Å². The smallest absolute Gasteiger partial charge is 0.124 e. The number of benzene rings is 1. The minimum Gasteiger partial charge on any atom is -0.496 e. The van der Waals surface area contributed by atoms with Crippen molar-refractivity contribution in [3.8, 4) is 5.75 Å². The van der Waals surface area contributed by atoms with Gasteiger partial charge in [0, 0.05) is 12.2 Å². The zero-order valence-electron chi connectivity index (χ0n) is 10.7. The molecule has 1 rings (SSSR count). The van der Waals surface area contributed by atoms with Gasteiger partial charge in [0.2, 0.25) is 0 Å². The fourth-order valence-electron chi connectivity index (χ4n) is 1.68. The molecule has 3 heteroatoms. The lowest BCUT2D eigenvalue weighted by atomic mass is 10.1. The number of hydrogen-bond acceptors (Lipinski definition) is 3. The highest BCUT2D eigenvalue weighted by molar-refractivity contribution is 5.36. The van der Waals surface area contributed by atoms with Gasteiger partial charge >= 0.3 is 0 Å². The largest absolute Gasteiger partial charge is 0.496 e. The normalized spacial score (nSPS) is 10.5. The van der Waals surface area contributed by atoms with Crippen molar-refractivity contribution in [2.24, 2.45) is 0 Å². The molecule has 0 bridgehead atoms. The number of aliphatic hydroxyl groups excluding tert-OH is 1. The summed E-state index contributed by atoms with van der Waals surface area (Å²) in [6.07, 6.45) is 3.50. The molecule has 96 valence electrons. The van der Waals surface area contributed by atoms with E-state index in [0.29, 0.717) is 6.61 Å². The van der Waals surface area contributed by atoms with Crippen molar-refractivity contribution in [3.05, 3.63) is 29.3 Å². The molecule has 17 heavy (non-hydrogen) atoms. The highest BCUT2D eigenvalue weighted by Crippen LogP contribution is 2.21. The van der Waals surface area contributed by atoms with Gasteiger partial charge in [-0.25, -0.2) is 0 Å². The first kappa shape index (κ1) is 14.0. The third kappa shape index (κ3) is 4.75. The summed E-state index contributed by atoms with van der Waals surface area (Å²) in [5.41, 5.74) is 1.88. The number of hydrogen-bond donors (Lipinski definition) is 1. The van der Waals surface area contributed by atoms with Gasteiger partial charge in [0.25, 0.3) is 0 Å². The van der Waals surface area contributed by atoms with Gasteiger partial charge in [0.15, 0.2) is 0 Å². The zero-order chi connectivity index (χ0) is 12.5. The maximum absolute atomic E-state index is 9.09. The lowest BCUT2D eigenvalue weighted by molar-refractivity contribution is 0.115. The predicted molar refractivity (Wildman–Crippen MR) is 68.1 cm³/mol. The molecule has 0 unspecified atom stereocenters. The first-order valence-electron chi connectivity index (χ1n) is 6.16. The van der Waals surface area contributed by atoms with E-state index in [1.807, 2.05) is 18.2 Å². The molecule has 1 aromatic carbocycles. The van der Waals surface area contributed by atoms with Crippen LogP contribution in [0.15, 0.2) is 18.2 Å². The summed E-state index contributed by atoms with van der Waals surface area (Å²) in [5, 5.41) is 9.09. The van der Waals surface area contributed by atoms with Crippen LogP contribution >= 0.6 is 0 Å². The molecular formula is C14H22O3. The van der Waals surface area contributed by atoms with Crippen molar-refractivity contribution in [1.82, 2.24) is 0 Å². The molecule has 0 saturated carbocycles. The summed E-state index contributed by atoms with van der Waals surface area (Å²) in [6.45, 7) is 3.54. The summed E-state index contributed by atoms with van der Waals surface area (Å²) < 4.78 is 10.9. The lowest BCUT2D eigenvalue weighted by Gasteiger charge is -2.10. The van der Waals surface area contributed by atoms with Gasteiger partial charge in [-0.2, -0.15) is 0 Å². The van der Waals surface area contributed by atoms with Gasteiger partial charge in [-0.3, -0.25) is 0 Å². The third-order valence-corrected chi connectivity index (χ3v) is 2.68. The average molecular weight is 238 g/mol. The highest BCUT2D eigenvalue weighted by Gasteiger charge is 2.04. The first-order valence-corrected chi connectivity index (χ1v) is 6.16. The highest BCUT2D eigenvalue weighted by atomic mass is 16.5. The summed E-state index contributed by atoms with van der Waals surface area (Å²) in [7, 11) is 1.65. The number of ether oxygens (including phenoxy) is 2. The Balaban J connectivity index is 2.49. The Bertz CT molecular complexity index is 323. The zero-order valence-corrected chi connectivity index (χ0v) is 10.7. The summed E-state index contributed by atoms with van der Waals surface area (Å²) in [6, 6.07) is 5.66. The SMILES string of the molecule is CCCCCOCc1cc(CO)ccc1OC. The second kappa shape index (κ2) is 8.09. The summed E-state index contributed by atoms with van der Waals surface area (Å²) in [5.74, 6) is 0.817. The summed E-state index contributed by atoms with van der Waals surface area (Å²) in [4.78, 5) is 0. The molecule has 0 aliphatic carbocycles. The van der Waals surface area contributed by atoms with Crippen LogP contribution in [0, 0.1) is 0 Å². The van der Waals surface area contributed by atoms with Crippen LogP contribution in [0.3, 0.4) is 0 Å². The van der Waals surface area contributed by atoms with E-state index < -0.39 is 0 Å².